The van der Waals surface area contributed by atoms with E-state index in [0.717, 1.165) is 17.9 Å². The van der Waals surface area contributed by atoms with Gasteiger partial charge in [-0.2, -0.15) is 0 Å². The van der Waals surface area contributed by atoms with Crippen LogP contribution in [0, 0.1) is 11.8 Å². The number of nitrogens with one attached hydrogen (secondary N) is 8. The number of hydrogen-bond donors (Lipinski definition) is 13. The summed E-state index contributed by atoms with van der Waals surface area (Å²) in [4.78, 5) is 204. The molecular formula is C71H103N13O19. The summed E-state index contributed by atoms with van der Waals surface area (Å²) >= 11 is 0. The highest BCUT2D eigenvalue weighted by molar-refractivity contribution is 6.03. The molecule has 103 heavy (non-hydrogen) atoms. The molecule has 6 rings (SSSR count). The molecule has 15 atom stereocenters. The summed E-state index contributed by atoms with van der Waals surface area (Å²) in [5.41, 5.74) is 6.18. The lowest BCUT2D eigenvalue weighted by atomic mass is 9.95. The van der Waals surface area contributed by atoms with Gasteiger partial charge in [0, 0.05) is 59.3 Å². The Morgan fingerprint density at radius 1 is 0.660 bits per heavy atom. The van der Waals surface area contributed by atoms with E-state index in [-0.39, 0.29) is 70.5 Å². The van der Waals surface area contributed by atoms with Crippen molar-refractivity contribution in [2.45, 2.75) is 223 Å². The maximum Gasteiger partial charge on any atom is 0.329 e. The second-order valence-corrected chi connectivity index (χ2v) is 27.4. The smallest absolute Gasteiger partial charge is 0.329 e. The molecule has 2 aromatic rings. The predicted octanol–water partition coefficient (Wildman–Crippen LogP) is -2.51. The van der Waals surface area contributed by atoms with E-state index in [1.54, 1.807) is 74.5 Å². The van der Waals surface area contributed by atoms with Gasteiger partial charge in [0.25, 0.3) is 11.8 Å². The van der Waals surface area contributed by atoms with Crippen LogP contribution in [0.15, 0.2) is 72.4 Å². The zero-order valence-corrected chi connectivity index (χ0v) is 59.8. The van der Waals surface area contributed by atoms with Gasteiger partial charge >= 0.3 is 5.97 Å². The number of aliphatic hydroxyl groups is 4. The second-order valence-electron chi connectivity index (χ2n) is 27.4. The van der Waals surface area contributed by atoms with E-state index < -0.39 is 218 Å². The van der Waals surface area contributed by atoms with E-state index in [0.29, 0.717) is 30.4 Å². The van der Waals surface area contributed by atoms with Crippen molar-refractivity contribution in [1.29, 1.82) is 0 Å². The maximum absolute atomic E-state index is 15.2. The summed E-state index contributed by atoms with van der Waals surface area (Å²) in [7, 11) is 1.40. The van der Waals surface area contributed by atoms with Crippen molar-refractivity contribution in [2.75, 3.05) is 39.8 Å². The number of carbonyl (C=O) groups is 14. The maximum atomic E-state index is 15.2. The molecule has 4 aliphatic heterocycles. The SMILES string of the molecule is C/C=C1/NC(=O)[C@H](CO)NC(=O)[C@@H]([C@@H](C)CC)NC(=O)[C@@H]2CCCN2C(=O)[C@@H]2CCCN2C(=O)CNC(=O)[C@@H](CCC(N)=O)NC(=O)C(O)C(CC(CC(O)Cc2ccccc2)OC(=O)[C@H](CC(C)C)N(C)C(C)=O)NC(=O)[C@@H]2CCCN2C(=O)[C@@H](Cc2ccccc2)NC(=O)[C@H]([C@@H](C)O)NC1=O. The number of nitrogens with zero attached hydrogens (tertiary/aromatic N) is 4. The normalized spacial score (nSPS) is 26.3. The molecule has 2 aromatic carbocycles. The van der Waals surface area contributed by atoms with Gasteiger partial charge in [0.2, 0.25) is 65.0 Å². The first-order valence-electron chi connectivity index (χ1n) is 35.3. The summed E-state index contributed by atoms with van der Waals surface area (Å²) in [6.45, 7) is 8.94. The summed E-state index contributed by atoms with van der Waals surface area (Å²) in [6, 6.07) is 1.97. The van der Waals surface area contributed by atoms with Crippen molar-refractivity contribution < 1.29 is 92.3 Å². The number of benzene rings is 2. The lowest BCUT2D eigenvalue weighted by Gasteiger charge is -2.34. The first-order valence-corrected chi connectivity index (χ1v) is 35.3. The molecule has 4 unspecified atom stereocenters. The Bertz CT molecular complexity index is 3380. The topological polar surface area (TPSA) is 464 Å². The number of hydrogen-bond acceptors (Lipinski definition) is 19. The molecule has 0 bridgehead atoms. The quantitative estimate of drug-likeness (QED) is 0.0481. The minimum atomic E-state index is -2.42. The first kappa shape index (κ1) is 82.6. The summed E-state index contributed by atoms with van der Waals surface area (Å²) in [5.74, 6) is -13.9. The fourth-order valence-corrected chi connectivity index (χ4v) is 13.1. The van der Waals surface area contributed by atoms with Crippen LogP contribution in [-0.4, -0.2) is 247 Å². The van der Waals surface area contributed by atoms with Crippen LogP contribution in [0.5, 0.6) is 0 Å². The predicted molar refractivity (Wildman–Crippen MR) is 370 cm³/mol. The minimum Gasteiger partial charge on any atom is -0.461 e. The molecule has 0 aliphatic carbocycles. The van der Waals surface area contributed by atoms with E-state index in [2.05, 4.69) is 42.5 Å². The highest BCUT2D eigenvalue weighted by atomic mass is 16.5. The van der Waals surface area contributed by atoms with Crippen LogP contribution < -0.4 is 48.3 Å². The highest BCUT2D eigenvalue weighted by Gasteiger charge is 2.46. The molecule has 32 heteroatoms. The molecule has 0 spiro atoms. The number of carbonyl (C=O) groups excluding carboxylic acids is 14. The molecule has 566 valence electrons. The van der Waals surface area contributed by atoms with Gasteiger partial charge in [-0.15, -0.1) is 0 Å². The number of primary amides is 1. The van der Waals surface area contributed by atoms with Gasteiger partial charge < -0.3 is 93.0 Å². The van der Waals surface area contributed by atoms with Crippen molar-refractivity contribution in [1.82, 2.24) is 62.1 Å². The van der Waals surface area contributed by atoms with Gasteiger partial charge in [0.1, 0.15) is 66.2 Å². The molecule has 0 aromatic heterocycles. The van der Waals surface area contributed by atoms with Gasteiger partial charge in [0.15, 0.2) is 6.10 Å². The monoisotopic (exact) mass is 1440 g/mol. The Labute approximate surface area is 599 Å². The van der Waals surface area contributed by atoms with Crippen LogP contribution >= 0.6 is 0 Å². The van der Waals surface area contributed by atoms with Crippen molar-refractivity contribution >= 4 is 82.8 Å². The van der Waals surface area contributed by atoms with Crippen molar-refractivity contribution in [3.8, 4) is 0 Å². The Kier molecular flexibility index (Phi) is 31.5. The number of allylic oxidation sites excluding steroid dienone is 1. The number of likely N-dealkylation sites (N-methyl/N-ethyl adjacent to an activating group) is 1. The standard InChI is InChI=1S/C71H103N13O19/c1-9-40(5)58-66(97)78-51(38-85)63(94)74-47(10-2)62(93)80-59(41(6)86)67(98)77-50(34-44-22-15-12-16-23-44)69(100)83-30-17-24-52(83)64(95)76-49(36-46(35-45(88)33-43-20-13-11-14-21-43)103-71(102)55(32-39(3)4)81(8)42(7)87)60(91)68(99)75-48(27-28-56(72)89)61(92)73-37-57(90)82-29-19-26-54(82)70(101)84-31-18-25-53(84)65(96)79-58/h10-16,20-23,39-41,45-46,48-55,58-60,85-86,88,91H,9,17-19,24-38H2,1-8H3,(H2,72,89)(H,73,92)(H,74,94)(H,75,99)(H,76,95)(H,77,98)(H,78,97)(H,79,96)(H,80,93)/b47-10+/t40-,41+,45?,46?,48+,49?,50+,51-,52-,53-,54-,55-,58+,59-,60?/m0/s1. The molecular weight excluding hydrogens is 1340 g/mol. The van der Waals surface area contributed by atoms with E-state index >= 15 is 9.59 Å². The molecule has 4 heterocycles. The highest BCUT2D eigenvalue weighted by Crippen LogP contribution is 2.28. The van der Waals surface area contributed by atoms with Crippen LogP contribution in [0.2, 0.25) is 0 Å². The van der Waals surface area contributed by atoms with Crippen LogP contribution in [0.25, 0.3) is 0 Å². The Hall–Kier alpha value is -9.40. The van der Waals surface area contributed by atoms with Gasteiger partial charge in [-0.05, 0) is 94.6 Å². The lowest BCUT2D eigenvalue weighted by molar-refractivity contribution is -0.161. The molecule has 4 aliphatic rings. The average Bonchev–Trinajstić information content (AvgIpc) is 1.70. The van der Waals surface area contributed by atoms with Crippen LogP contribution in [-0.2, 0) is 84.7 Å². The number of esters is 1. The van der Waals surface area contributed by atoms with Gasteiger partial charge in [-0.3, -0.25) is 62.3 Å². The zero-order chi connectivity index (χ0) is 75.9. The number of rotatable bonds is 20. The van der Waals surface area contributed by atoms with E-state index in [4.69, 9.17) is 10.5 Å². The third-order valence-corrected chi connectivity index (χ3v) is 19.2. The largest absolute Gasteiger partial charge is 0.461 e. The number of amides is 13. The van der Waals surface area contributed by atoms with E-state index in [1.807, 2.05) is 13.8 Å². The second kappa shape index (κ2) is 39.3. The third kappa shape index (κ3) is 23.3. The summed E-state index contributed by atoms with van der Waals surface area (Å²) in [5, 5.41) is 65.8. The molecule has 14 N–H and O–H groups in total. The molecule has 0 saturated carbocycles. The number of ether oxygens (including phenoxy) is 1. The van der Waals surface area contributed by atoms with Gasteiger partial charge in [0.05, 0.1) is 31.4 Å². The molecule has 4 fully saturated rings. The summed E-state index contributed by atoms with van der Waals surface area (Å²) < 4.78 is 6.16. The van der Waals surface area contributed by atoms with Gasteiger partial charge in [-0.1, -0.05) is 101 Å². The van der Waals surface area contributed by atoms with E-state index in [9.17, 15) is 78.0 Å². The Balaban J connectivity index is 1.44. The zero-order valence-electron chi connectivity index (χ0n) is 59.8. The first-order chi connectivity index (χ1) is 48.9. The van der Waals surface area contributed by atoms with Crippen molar-refractivity contribution in [3.05, 3.63) is 83.6 Å². The van der Waals surface area contributed by atoms with Crippen LogP contribution in [0.3, 0.4) is 0 Å². The van der Waals surface area contributed by atoms with Crippen LogP contribution in [0.4, 0.5) is 0 Å². The van der Waals surface area contributed by atoms with Gasteiger partial charge in [-0.25, -0.2) is 4.79 Å². The summed E-state index contributed by atoms with van der Waals surface area (Å²) in [6.07, 6.45) is -6.66. The third-order valence-electron chi connectivity index (χ3n) is 19.2. The number of aliphatic hydroxyl groups excluding tert-OH is 4. The Morgan fingerprint density at radius 3 is 1.78 bits per heavy atom. The number of fused-ring (bicyclic) bond motifs is 3. The van der Waals surface area contributed by atoms with Crippen molar-refractivity contribution in [3.63, 3.8) is 0 Å². The fourth-order valence-electron chi connectivity index (χ4n) is 13.1. The van der Waals surface area contributed by atoms with Crippen molar-refractivity contribution in [2.24, 2.45) is 17.6 Å². The van der Waals surface area contributed by atoms with E-state index in [1.165, 1.54) is 35.6 Å². The molecule has 13 amide bonds. The Morgan fingerprint density at radius 2 is 1.21 bits per heavy atom. The molecule has 32 nitrogen and oxygen atoms in total. The number of nitrogens with two attached hydrogens (primary N) is 1. The lowest BCUT2D eigenvalue weighted by Crippen LogP contribution is -2.61. The molecule has 0 radical (unpaired) electrons. The average molecular weight is 1440 g/mol. The fraction of sp³-hybridized carbons (Fsp3) is 0.606. The molecule has 4 saturated heterocycles. The van der Waals surface area contributed by atoms with Crippen LogP contribution in [0.1, 0.15) is 137 Å². The minimum absolute atomic E-state index is 0.00475.